The molecule has 0 unspecified atom stereocenters. The van der Waals surface area contributed by atoms with E-state index in [1.165, 1.54) is 119 Å². The summed E-state index contributed by atoms with van der Waals surface area (Å²) >= 11 is 0. The maximum absolute atomic E-state index is 2.46. The molecule has 14 aromatic carbocycles. The van der Waals surface area contributed by atoms with Gasteiger partial charge in [0.25, 0.3) is 0 Å². The maximum atomic E-state index is 2.46. The Balaban J connectivity index is 0.994. The van der Waals surface area contributed by atoms with Crippen molar-refractivity contribution in [3.05, 3.63) is 237 Å². The van der Waals surface area contributed by atoms with E-state index in [-0.39, 0.29) is 0 Å². The van der Waals surface area contributed by atoms with E-state index in [0.717, 1.165) is 17.1 Å². The van der Waals surface area contributed by atoms with Gasteiger partial charge in [-0.3, -0.25) is 0 Å². The maximum Gasteiger partial charge on any atom is 0.0474 e. The molecule has 0 saturated carbocycles. The fourth-order valence-corrected chi connectivity index (χ4v) is 11.1. The summed E-state index contributed by atoms with van der Waals surface area (Å²) in [5.41, 5.74) is 8.19. The molecule has 0 saturated heterocycles. The predicted molar refractivity (Wildman–Crippen MR) is 281 cm³/mol. The van der Waals surface area contributed by atoms with Crippen molar-refractivity contribution in [1.82, 2.24) is 0 Å². The zero-order valence-electron chi connectivity index (χ0n) is 35.5. The van der Waals surface area contributed by atoms with Gasteiger partial charge < -0.3 is 4.90 Å². The second-order valence-electron chi connectivity index (χ2n) is 17.6. The summed E-state index contributed by atoms with van der Waals surface area (Å²) in [5, 5.41) is 22.9. The SMILES string of the molecule is c1ccc2c(-c3ccc(-c4ccc(N(c5ccc6c(ccc7ccccc76)c5)c5cc6ccc7cccc8c9cccc%10ccc%11cccc(c(c5)c6c78)c%11c%109)cc4)cc3)cccc2c1. The summed E-state index contributed by atoms with van der Waals surface area (Å²) < 4.78 is 0. The van der Waals surface area contributed by atoms with Crippen molar-refractivity contribution in [3.8, 4) is 22.3 Å². The van der Waals surface area contributed by atoms with Gasteiger partial charge in [0.05, 0.1) is 0 Å². The summed E-state index contributed by atoms with van der Waals surface area (Å²) in [6.45, 7) is 0. The van der Waals surface area contributed by atoms with Gasteiger partial charge in [0.15, 0.2) is 0 Å². The zero-order chi connectivity index (χ0) is 42.6. The van der Waals surface area contributed by atoms with Gasteiger partial charge in [0.2, 0.25) is 0 Å². The second kappa shape index (κ2) is 14.0. The van der Waals surface area contributed by atoms with Crippen molar-refractivity contribution in [3.63, 3.8) is 0 Å². The summed E-state index contributed by atoms with van der Waals surface area (Å²) in [5.74, 6) is 0. The van der Waals surface area contributed by atoms with Crippen LogP contribution in [0.5, 0.6) is 0 Å². The molecule has 0 aromatic heterocycles. The number of rotatable bonds is 5. The third-order valence-corrected chi connectivity index (χ3v) is 14.1. The third-order valence-electron chi connectivity index (χ3n) is 14.1. The van der Waals surface area contributed by atoms with E-state index in [1.807, 2.05) is 0 Å². The Morgan fingerprint density at radius 2 is 0.615 bits per heavy atom. The molecule has 0 fully saturated rings. The Kier molecular flexibility index (Phi) is 7.75. The van der Waals surface area contributed by atoms with Crippen LogP contribution in [0.25, 0.3) is 119 Å². The molecule has 0 aliphatic heterocycles. The predicted octanol–water partition coefficient (Wildman–Crippen LogP) is 18.3. The van der Waals surface area contributed by atoms with Crippen molar-refractivity contribution in [1.29, 1.82) is 0 Å². The number of nitrogens with zero attached hydrogens (tertiary/aromatic N) is 1. The third kappa shape index (κ3) is 5.52. The zero-order valence-corrected chi connectivity index (χ0v) is 35.5. The van der Waals surface area contributed by atoms with Gasteiger partial charge in [-0.25, -0.2) is 0 Å². The molecule has 0 amide bonds. The highest BCUT2D eigenvalue weighted by Crippen LogP contribution is 2.47. The van der Waals surface area contributed by atoms with Crippen LogP contribution < -0.4 is 4.90 Å². The van der Waals surface area contributed by atoms with E-state index in [0.29, 0.717) is 0 Å². The van der Waals surface area contributed by atoms with Crippen LogP contribution in [0.1, 0.15) is 0 Å². The molecule has 0 N–H and O–H groups in total. The summed E-state index contributed by atoms with van der Waals surface area (Å²) in [6.07, 6.45) is 0. The number of benzene rings is 13. The number of hydrogen-bond acceptors (Lipinski definition) is 1. The highest BCUT2D eigenvalue weighted by Gasteiger charge is 2.20. The molecule has 0 spiro atoms. The average molecular weight is 822 g/mol. The molecule has 0 aliphatic carbocycles. The molecule has 14 aromatic rings. The van der Waals surface area contributed by atoms with Crippen molar-refractivity contribution < 1.29 is 0 Å². The Morgan fingerprint density at radius 1 is 0.200 bits per heavy atom. The molecule has 0 radical (unpaired) electrons. The number of fused-ring (bicyclic) bond motifs is 6. The van der Waals surface area contributed by atoms with Gasteiger partial charge in [0, 0.05) is 17.1 Å². The largest absolute Gasteiger partial charge is 0.310 e. The first-order chi connectivity index (χ1) is 32.2. The van der Waals surface area contributed by atoms with E-state index < -0.39 is 0 Å². The lowest BCUT2D eigenvalue weighted by Gasteiger charge is -2.27. The monoisotopic (exact) mass is 821 g/mol. The Hall–Kier alpha value is -8.52. The minimum atomic E-state index is 1.10. The van der Waals surface area contributed by atoms with Crippen molar-refractivity contribution in [2.24, 2.45) is 0 Å². The van der Waals surface area contributed by atoms with Crippen molar-refractivity contribution in [2.75, 3.05) is 4.90 Å². The first-order valence-corrected chi connectivity index (χ1v) is 22.6. The lowest BCUT2D eigenvalue weighted by Crippen LogP contribution is -2.10. The molecule has 1 nitrogen and oxygen atoms in total. The Bertz CT molecular complexity index is 4210. The van der Waals surface area contributed by atoms with Crippen LogP contribution in [0.4, 0.5) is 17.1 Å². The van der Waals surface area contributed by atoms with Crippen LogP contribution >= 0.6 is 0 Å². The van der Waals surface area contributed by atoms with Gasteiger partial charge in [-0.15, -0.1) is 0 Å². The molecule has 0 heterocycles. The van der Waals surface area contributed by atoms with Crippen LogP contribution in [0.2, 0.25) is 0 Å². The molecule has 0 aliphatic rings. The molecule has 300 valence electrons. The van der Waals surface area contributed by atoms with Crippen LogP contribution in [-0.2, 0) is 0 Å². The van der Waals surface area contributed by atoms with Gasteiger partial charge in [0.1, 0.15) is 0 Å². The first kappa shape index (κ1) is 36.0. The molecular weight excluding hydrogens is 783 g/mol. The normalized spacial score (nSPS) is 12.0. The Morgan fingerprint density at radius 3 is 1.29 bits per heavy atom. The molecule has 14 rings (SSSR count). The van der Waals surface area contributed by atoms with Crippen LogP contribution in [0.15, 0.2) is 237 Å². The average Bonchev–Trinajstić information content (AvgIpc) is 3.37. The van der Waals surface area contributed by atoms with Crippen LogP contribution in [-0.4, -0.2) is 0 Å². The summed E-state index contributed by atoms with van der Waals surface area (Å²) in [6, 6.07) is 88.2. The van der Waals surface area contributed by atoms with E-state index in [4.69, 9.17) is 0 Å². The van der Waals surface area contributed by atoms with Gasteiger partial charge >= 0.3 is 0 Å². The van der Waals surface area contributed by atoms with E-state index in [2.05, 4.69) is 241 Å². The standard InChI is InChI=1S/C64H39N/c1-3-15-53-42(9-1)11-5-17-55(53)44-23-21-40(22-24-44)41-31-33-50(34-32-41)65(51-35-36-56-48(37-51)29-25-43-10-2-4-16-54(43)56)52-38-49-30-28-47-13-7-19-58-57-18-6-12-45-26-27-46-14-8-20-59(63(46)61(45)57)60(39-52)64(49)62(47)58/h1-39H. The van der Waals surface area contributed by atoms with Crippen molar-refractivity contribution >= 4 is 114 Å². The first-order valence-electron chi connectivity index (χ1n) is 22.6. The van der Waals surface area contributed by atoms with E-state index >= 15 is 0 Å². The van der Waals surface area contributed by atoms with Gasteiger partial charge in [-0.2, -0.15) is 0 Å². The quantitative estimate of drug-likeness (QED) is 0.156. The summed E-state index contributed by atoms with van der Waals surface area (Å²) in [7, 11) is 0. The fraction of sp³-hybridized carbons (Fsp3) is 0. The molecular formula is C64H39N. The minimum Gasteiger partial charge on any atom is -0.310 e. The molecule has 0 bridgehead atoms. The second-order valence-corrected chi connectivity index (χ2v) is 17.6. The molecule has 0 atom stereocenters. The smallest absolute Gasteiger partial charge is 0.0474 e. The van der Waals surface area contributed by atoms with Crippen LogP contribution in [0, 0.1) is 0 Å². The van der Waals surface area contributed by atoms with Gasteiger partial charge in [-0.1, -0.05) is 200 Å². The van der Waals surface area contributed by atoms with E-state index in [1.54, 1.807) is 0 Å². The number of hydrogen-bond donors (Lipinski definition) is 0. The highest BCUT2D eigenvalue weighted by molar-refractivity contribution is 6.37. The molecule has 65 heavy (non-hydrogen) atoms. The fourth-order valence-electron chi connectivity index (χ4n) is 11.1. The number of anilines is 3. The minimum absolute atomic E-state index is 1.10. The Labute approximate surface area is 376 Å². The summed E-state index contributed by atoms with van der Waals surface area (Å²) in [4.78, 5) is 2.46. The molecule has 1 heteroatoms. The van der Waals surface area contributed by atoms with Crippen molar-refractivity contribution in [2.45, 2.75) is 0 Å². The lowest BCUT2D eigenvalue weighted by atomic mass is 9.87. The van der Waals surface area contributed by atoms with Gasteiger partial charge in [-0.05, 0) is 156 Å². The van der Waals surface area contributed by atoms with E-state index in [9.17, 15) is 0 Å². The highest BCUT2D eigenvalue weighted by atomic mass is 15.1. The lowest BCUT2D eigenvalue weighted by molar-refractivity contribution is 1.30. The topological polar surface area (TPSA) is 3.24 Å². The van der Waals surface area contributed by atoms with Crippen LogP contribution in [0.3, 0.4) is 0 Å².